The molecule has 0 bridgehead atoms. The third-order valence-electron chi connectivity index (χ3n) is 16.0. The predicted octanol–water partition coefficient (Wildman–Crippen LogP) is 8.49. The molecule has 8 N–H and O–H groups in total. The smallest absolute Gasteiger partial charge is 0.315 e. The summed E-state index contributed by atoms with van der Waals surface area (Å²) in [5.74, 6) is -2.36. The van der Waals surface area contributed by atoms with Crippen LogP contribution in [0.4, 0.5) is 4.79 Å². The number of nitrogens with one attached hydrogen (secondary N) is 7. The number of amides is 7. The van der Waals surface area contributed by atoms with Gasteiger partial charge in [0, 0.05) is 70.7 Å². The monoisotopic (exact) mass is 1200 g/mol. The number of unbranched alkanes of at least 4 members (excludes halogenated alkanes) is 3. The number of rotatable bonds is 33. The molecule has 2 aliphatic rings. The number of benzene rings is 6. The fourth-order valence-electron chi connectivity index (χ4n) is 11.2. The van der Waals surface area contributed by atoms with Gasteiger partial charge in [-0.15, -0.1) is 0 Å². The number of aliphatic hydroxyl groups is 1. The minimum Gasteiger partial charge on any atom is -0.391 e. The van der Waals surface area contributed by atoms with Crippen molar-refractivity contribution < 1.29 is 43.5 Å². The molecule has 8 atom stereocenters. The number of aliphatic hydroxyl groups excluding tert-OH is 1. The van der Waals surface area contributed by atoms with Crippen LogP contribution in [0.25, 0.3) is 0 Å². The van der Waals surface area contributed by atoms with E-state index in [0.29, 0.717) is 65.4 Å². The van der Waals surface area contributed by atoms with E-state index in [-0.39, 0.29) is 79.2 Å². The summed E-state index contributed by atoms with van der Waals surface area (Å²) in [6.07, 6.45) is 4.48. The van der Waals surface area contributed by atoms with E-state index in [0.717, 1.165) is 42.6 Å². The van der Waals surface area contributed by atoms with Crippen molar-refractivity contribution in [3.63, 3.8) is 0 Å². The molecular formula is C70H81N7O9S. The Kier molecular flexibility index (Phi) is 24.4. The van der Waals surface area contributed by atoms with Crippen molar-refractivity contribution in [3.05, 3.63) is 214 Å². The maximum Gasteiger partial charge on any atom is 0.315 e. The summed E-state index contributed by atoms with van der Waals surface area (Å²) in [6, 6.07) is 47.0. The van der Waals surface area contributed by atoms with E-state index in [1.807, 2.05) is 98.4 Å². The van der Waals surface area contributed by atoms with Gasteiger partial charge in [-0.05, 0) is 92.5 Å². The van der Waals surface area contributed by atoms with Crippen LogP contribution in [0, 0.1) is 11.8 Å². The van der Waals surface area contributed by atoms with Crippen molar-refractivity contribution in [1.29, 1.82) is 0 Å². The summed E-state index contributed by atoms with van der Waals surface area (Å²) < 4.78 is 0. The van der Waals surface area contributed by atoms with Crippen LogP contribution in [-0.4, -0.2) is 113 Å². The molecule has 0 aliphatic carbocycles. The molecule has 2 heterocycles. The Labute approximate surface area is 514 Å². The Morgan fingerprint density at radius 2 is 1.03 bits per heavy atom. The van der Waals surface area contributed by atoms with E-state index < -0.39 is 53.8 Å². The molecule has 0 saturated carbocycles. The van der Waals surface area contributed by atoms with Crippen molar-refractivity contribution in [2.45, 2.75) is 132 Å². The van der Waals surface area contributed by atoms with Gasteiger partial charge in [0.1, 0.15) is 12.1 Å². The van der Waals surface area contributed by atoms with Gasteiger partial charge < -0.3 is 42.3 Å². The van der Waals surface area contributed by atoms with Crippen LogP contribution >= 0.6 is 11.8 Å². The molecule has 6 aromatic carbocycles. The second kappa shape index (κ2) is 32.9. The lowest BCUT2D eigenvalue weighted by Crippen LogP contribution is -2.56. The van der Waals surface area contributed by atoms with Gasteiger partial charge in [-0.1, -0.05) is 178 Å². The molecular weight excluding hydrogens is 1110 g/mol. The first-order valence-corrected chi connectivity index (χ1v) is 31.5. The van der Waals surface area contributed by atoms with Crippen LogP contribution < -0.4 is 37.2 Å². The molecule has 6 aromatic rings. The number of hydrogen-bond acceptors (Lipinski definition) is 10. The van der Waals surface area contributed by atoms with Crippen LogP contribution in [0.2, 0.25) is 0 Å². The Hall–Kier alpha value is -8.41. The summed E-state index contributed by atoms with van der Waals surface area (Å²) in [4.78, 5) is 109. The quantitative estimate of drug-likeness (QED) is 0.0111. The van der Waals surface area contributed by atoms with Crippen molar-refractivity contribution in [2.24, 2.45) is 11.8 Å². The summed E-state index contributed by atoms with van der Waals surface area (Å²) in [5.41, 5.74) is 4.57. The highest BCUT2D eigenvalue weighted by Gasteiger charge is 2.42. The van der Waals surface area contributed by atoms with Gasteiger partial charge >= 0.3 is 6.03 Å². The maximum atomic E-state index is 14.9. The highest BCUT2D eigenvalue weighted by atomic mass is 32.2. The van der Waals surface area contributed by atoms with Gasteiger partial charge in [0.15, 0.2) is 11.6 Å². The largest absolute Gasteiger partial charge is 0.391 e. The third kappa shape index (κ3) is 19.8. The van der Waals surface area contributed by atoms with Crippen molar-refractivity contribution in [3.8, 4) is 0 Å². The van der Waals surface area contributed by atoms with E-state index in [2.05, 4.69) is 37.2 Å². The topological polar surface area (TPSA) is 241 Å². The average Bonchev–Trinajstić information content (AvgIpc) is 4.37. The third-order valence-corrected chi connectivity index (χ3v) is 17.5. The Bertz CT molecular complexity index is 3230. The predicted molar refractivity (Wildman–Crippen MR) is 339 cm³/mol. The van der Waals surface area contributed by atoms with E-state index in [1.54, 1.807) is 97.1 Å². The summed E-state index contributed by atoms with van der Waals surface area (Å²) in [7, 11) is 0. The van der Waals surface area contributed by atoms with Crippen molar-refractivity contribution in [2.75, 3.05) is 18.8 Å². The number of carbonyl (C=O) groups excluding carboxylic acids is 8. The van der Waals surface area contributed by atoms with Crippen molar-refractivity contribution >= 4 is 58.9 Å². The first kappa shape index (κ1) is 64.6. The molecule has 8 rings (SSSR count). The molecule has 456 valence electrons. The Morgan fingerprint density at radius 3 is 1.63 bits per heavy atom. The minimum absolute atomic E-state index is 0.00379. The minimum atomic E-state index is -1.25. The average molecular weight is 1200 g/mol. The SMILES string of the molecule is CC(C)C[C@H](NC(=O)[C@H](Cc1ccccc1)C[C@H](O)[C@H](Cc1ccccc1)NC(=O)c1ccc(C(=O)c2ccccc2)cc1)C(=O)N[C@@H](Cc1ccc(C(=O)c2ccccc2)cc1)C(=O)NCCCCCNC(=O)CCCCC1SCC2NC(=O)NC21. The van der Waals surface area contributed by atoms with Crippen LogP contribution in [0.1, 0.15) is 131 Å². The lowest BCUT2D eigenvalue weighted by molar-refractivity contribution is -0.134. The van der Waals surface area contributed by atoms with Gasteiger partial charge in [0.05, 0.1) is 24.2 Å². The van der Waals surface area contributed by atoms with E-state index in [1.165, 1.54) is 0 Å². The molecule has 0 aromatic heterocycles. The van der Waals surface area contributed by atoms with E-state index >= 15 is 0 Å². The summed E-state index contributed by atoms with van der Waals surface area (Å²) in [5, 5.41) is 33.6. The molecule has 7 amide bonds. The standard InChI is InChI=1S/C70H81N7O9S/c1-46(2)40-57(74-67(83)55(41-47-20-8-3-9-21-47)44-60(78)56(42-48-22-10-4-11-23-48)73-66(82)54-36-34-53(35-37-54)65(81)51-26-14-6-15-27-51)69(85)75-58(43-49-30-32-52(33-31-49)64(80)50-24-12-5-13-25-50)68(84)72-39-19-7-18-38-71-62(79)29-17-16-28-61-63-59(45-87-61)76-70(86)77-63/h3-6,8-15,20-27,30-37,46,55-61,63,78H,7,16-19,28-29,38-45H2,1-2H3,(H,71,79)(H,72,84)(H,73,82)(H,74,83)(H,75,85)(H2,76,77,86)/t55-,56+,57+,58+,59?,60+,61?,63?/m1/s1. The zero-order valence-corrected chi connectivity index (χ0v) is 50.4. The lowest BCUT2D eigenvalue weighted by Gasteiger charge is -2.29. The Morgan fingerprint density at radius 1 is 0.517 bits per heavy atom. The summed E-state index contributed by atoms with van der Waals surface area (Å²) >= 11 is 1.87. The maximum absolute atomic E-state index is 14.9. The van der Waals surface area contributed by atoms with Gasteiger partial charge in [0.25, 0.3) is 5.91 Å². The van der Waals surface area contributed by atoms with Gasteiger partial charge in [0.2, 0.25) is 23.6 Å². The normalized spacial score (nSPS) is 16.8. The first-order chi connectivity index (χ1) is 42.2. The molecule has 0 radical (unpaired) electrons. The number of carbonyl (C=O) groups is 8. The fourth-order valence-corrected chi connectivity index (χ4v) is 12.7. The van der Waals surface area contributed by atoms with Crippen molar-refractivity contribution in [1.82, 2.24) is 37.2 Å². The molecule has 2 aliphatic heterocycles. The lowest BCUT2D eigenvalue weighted by atomic mass is 9.88. The highest BCUT2D eigenvalue weighted by molar-refractivity contribution is 8.00. The van der Waals surface area contributed by atoms with Crippen LogP contribution in [0.5, 0.6) is 0 Å². The summed E-state index contributed by atoms with van der Waals surface area (Å²) in [6.45, 7) is 4.67. The molecule has 2 saturated heterocycles. The number of fused-ring (bicyclic) bond motifs is 1. The second-order valence-corrected chi connectivity index (χ2v) is 24.4. The van der Waals surface area contributed by atoms with Gasteiger partial charge in [-0.25, -0.2) is 4.79 Å². The van der Waals surface area contributed by atoms with Crippen LogP contribution in [0.3, 0.4) is 0 Å². The molecule has 3 unspecified atom stereocenters. The number of thioether (sulfide) groups is 1. The number of hydrogen-bond donors (Lipinski definition) is 8. The molecule has 17 heteroatoms. The number of urea groups is 1. The molecule has 2 fully saturated rings. The highest BCUT2D eigenvalue weighted by Crippen LogP contribution is 2.33. The fraction of sp³-hybridized carbons (Fsp3) is 0.371. The Balaban J connectivity index is 0.910. The van der Waals surface area contributed by atoms with Crippen LogP contribution in [0.15, 0.2) is 170 Å². The van der Waals surface area contributed by atoms with Gasteiger partial charge in [-0.2, -0.15) is 11.8 Å². The van der Waals surface area contributed by atoms with Crippen LogP contribution in [-0.2, 0) is 38.4 Å². The molecule has 87 heavy (non-hydrogen) atoms. The first-order valence-electron chi connectivity index (χ1n) is 30.5. The van der Waals surface area contributed by atoms with Gasteiger partial charge in [-0.3, -0.25) is 33.6 Å². The van der Waals surface area contributed by atoms with E-state index in [4.69, 9.17) is 0 Å². The van der Waals surface area contributed by atoms with E-state index in [9.17, 15) is 43.5 Å². The second-order valence-electron chi connectivity index (χ2n) is 23.1. The zero-order valence-electron chi connectivity index (χ0n) is 49.6. The zero-order chi connectivity index (χ0) is 61.5. The number of ketones is 2. The molecule has 16 nitrogen and oxygen atoms in total. The molecule has 0 spiro atoms.